The molecule has 1 fully saturated rings. The minimum absolute atomic E-state index is 0.00498. The molecule has 12 heteroatoms. The van der Waals surface area contributed by atoms with Crippen LogP contribution in [0.3, 0.4) is 0 Å². The molecule has 0 atom stereocenters. The highest BCUT2D eigenvalue weighted by atomic mass is 32.1. The maximum Gasteiger partial charge on any atom is 0.490 e. The van der Waals surface area contributed by atoms with Crippen LogP contribution in [0.25, 0.3) is 21.3 Å². The fraction of sp³-hybridized carbons (Fsp3) is 0.280. The zero-order chi connectivity index (χ0) is 26.6. The first-order valence-corrected chi connectivity index (χ1v) is 12.2. The van der Waals surface area contributed by atoms with Crippen LogP contribution in [0.15, 0.2) is 54.9 Å². The number of fused-ring (bicyclic) bond motifs is 1. The van der Waals surface area contributed by atoms with Crippen LogP contribution in [0.2, 0.25) is 0 Å². The molecule has 1 aliphatic rings. The number of amides is 1. The third kappa shape index (κ3) is 6.64. The minimum Gasteiger partial charge on any atom is -0.494 e. The van der Waals surface area contributed by atoms with Gasteiger partial charge in [-0.05, 0) is 55.2 Å². The number of nitrogens with one attached hydrogen (secondary N) is 1. The highest BCUT2D eigenvalue weighted by Gasteiger charge is 2.38. The number of nitrogens with zero attached hydrogens (tertiary/aromatic N) is 3. The predicted octanol–water partition coefficient (Wildman–Crippen LogP) is 5.52. The average Bonchev–Trinajstić information content (AvgIpc) is 3.37. The fourth-order valence-electron chi connectivity index (χ4n) is 3.58. The van der Waals surface area contributed by atoms with Crippen LogP contribution < -0.4 is 4.74 Å². The van der Waals surface area contributed by atoms with E-state index in [0.717, 1.165) is 45.5 Å². The van der Waals surface area contributed by atoms with Crippen molar-refractivity contribution in [1.29, 1.82) is 0 Å². The number of aromatic amines is 1. The maximum absolute atomic E-state index is 13.4. The number of halogens is 3. The van der Waals surface area contributed by atoms with Gasteiger partial charge in [-0.2, -0.15) is 18.3 Å². The lowest BCUT2D eigenvalue weighted by Gasteiger charge is -2.21. The lowest BCUT2D eigenvalue weighted by atomic mass is 10.1. The van der Waals surface area contributed by atoms with Crippen molar-refractivity contribution in [3.8, 4) is 16.9 Å². The monoisotopic (exact) mass is 532 g/mol. The number of H-pyrrole nitrogens is 1. The molecule has 1 saturated carbocycles. The molecular formula is C25H23F3N4O4S. The summed E-state index contributed by atoms with van der Waals surface area (Å²) in [6.45, 7) is 3.17. The summed E-state index contributed by atoms with van der Waals surface area (Å²) in [7, 11) is 0. The van der Waals surface area contributed by atoms with Gasteiger partial charge in [-0.15, -0.1) is 11.3 Å². The van der Waals surface area contributed by atoms with Crippen molar-refractivity contribution in [2.24, 2.45) is 0 Å². The molecule has 2 N–H and O–H groups in total. The molecule has 0 spiro atoms. The quantitative estimate of drug-likeness (QED) is 0.324. The molecule has 1 aliphatic carbocycles. The molecule has 5 rings (SSSR count). The maximum atomic E-state index is 13.4. The molecule has 4 aromatic rings. The van der Waals surface area contributed by atoms with Gasteiger partial charge in [-0.1, -0.05) is 18.2 Å². The van der Waals surface area contributed by atoms with Gasteiger partial charge >= 0.3 is 12.1 Å². The Bertz CT molecular complexity index is 1380. The Hall–Kier alpha value is -3.93. The highest BCUT2D eigenvalue weighted by molar-refractivity contribution is 7.20. The summed E-state index contributed by atoms with van der Waals surface area (Å²) >= 11 is 1.45. The van der Waals surface area contributed by atoms with Gasteiger partial charge in [0.15, 0.2) is 5.01 Å². The molecule has 194 valence electrons. The predicted molar refractivity (Wildman–Crippen MR) is 131 cm³/mol. The van der Waals surface area contributed by atoms with Gasteiger partial charge in [-0.25, -0.2) is 9.78 Å². The van der Waals surface area contributed by atoms with Crippen molar-refractivity contribution >= 4 is 33.4 Å². The highest BCUT2D eigenvalue weighted by Crippen LogP contribution is 2.33. The van der Waals surface area contributed by atoms with Crippen LogP contribution in [0.4, 0.5) is 13.2 Å². The summed E-state index contributed by atoms with van der Waals surface area (Å²) in [5.41, 5.74) is 4.01. The van der Waals surface area contributed by atoms with Gasteiger partial charge in [0.1, 0.15) is 5.75 Å². The van der Waals surface area contributed by atoms with E-state index in [1.54, 1.807) is 6.20 Å². The van der Waals surface area contributed by atoms with E-state index in [1.807, 2.05) is 54.4 Å². The van der Waals surface area contributed by atoms with Gasteiger partial charge in [0.05, 0.1) is 23.0 Å². The fourth-order valence-corrected chi connectivity index (χ4v) is 4.54. The normalized spacial score (nSPS) is 13.1. The van der Waals surface area contributed by atoms with Crippen molar-refractivity contribution in [3.05, 3.63) is 65.4 Å². The number of rotatable bonds is 7. The molecule has 8 nitrogen and oxygen atoms in total. The molecule has 0 bridgehead atoms. The van der Waals surface area contributed by atoms with Crippen LogP contribution in [0.1, 0.15) is 35.1 Å². The number of carbonyl (C=O) groups is 2. The van der Waals surface area contributed by atoms with Crippen molar-refractivity contribution in [2.45, 2.75) is 38.5 Å². The molecule has 2 heterocycles. The number of thiazole rings is 1. The van der Waals surface area contributed by atoms with E-state index in [0.29, 0.717) is 24.2 Å². The largest absolute Gasteiger partial charge is 0.494 e. The number of hydrogen-bond acceptors (Lipinski definition) is 6. The first-order valence-electron chi connectivity index (χ1n) is 11.4. The molecule has 0 radical (unpaired) electrons. The molecule has 0 saturated heterocycles. The van der Waals surface area contributed by atoms with Crippen LogP contribution in [0, 0.1) is 0 Å². The number of carbonyl (C=O) groups excluding carboxylic acids is 1. The smallest absolute Gasteiger partial charge is 0.490 e. The molecular weight excluding hydrogens is 509 g/mol. The van der Waals surface area contributed by atoms with Crippen LogP contribution in [0.5, 0.6) is 5.75 Å². The number of ether oxygens (including phenoxy) is 1. The van der Waals surface area contributed by atoms with Crippen LogP contribution in [-0.4, -0.2) is 55.9 Å². The Morgan fingerprint density at radius 1 is 1.19 bits per heavy atom. The Labute approximate surface area is 213 Å². The lowest BCUT2D eigenvalue weighted by Crippen LogP contribution is -2.32. The zero-order valence-corrected chi connectivity index (χ0v) is 20.5. The second-order valence-corrected chi connectivity index (χ2v) is 9.27. The average molecular weight is 533 g/mol. The van der Waals surface area contributed by atoms with Crippen molar-refractivity contribution in [3.63, 3.8) is 0 Å². The van der Waals surface area contributed by atoms with E-state index in [2.05, 4.69) is 21.2 Å². The number of alkyl halides is 3. The summed E-state index contributed by atoms with van der Waals surface area (Å²) in [4.78, 5) is 28.8. The first-order chi connectivity index (χ1) is 17.7. The van der Waals surface area contributed by atoms with E-state index in [4.69, 9.17) is 14.6 Å². The molecule has 1 amide bonds. The summed E-state index contributed by atoms with van der Waals surface area (Å²) < 4.78 is 38.4. The Kier molecular flexibility index (Phi) is 7.77. The number of carboxylic acids is 1. The number of aliphatic carboxylic acids is 1. The van der Waals surface area contributed by atoms with Crippen LogP contribution in [-0.2, 0) is 11.3 Å². The number of hydrogen-bond donors (Lipinski definition) is 2. The van der Waals surface area contributed by atoms with E-state index < -0.39 is 12.1 Å². The molecule has 0 aliphatic heterocycles. The standard InChI is InChI=1S/C23H22N4O2S.C2HF3O2/c1-2-29-19-5-3-4-15(10-19)14-27(18-7-8-18)23(28)22-26-20-9-6-16(11-21(20)30-22)17-12-24-25-13-17;3-2(4,5)1(6)7/h3-6,9-13,18H,2,7-8,14H2,1H3,(H,24,25);(H,6,7). The van der Waals surface area contributed by atoms with Crippen LogP contribution >= 0.6 is 11.3 Å². The third-order valence-corrected chi connectivity index (χ3v) is 6.46. The van der Waals surface area contributed by atoms with Gasteiger partial charge < -0.3 is 14.7 Å². The van der Waals surface area contributed by atoms with Gasteiger partial charge in [0.25, 0.3) is 5.91 Å². The summed E-state index contributed by atoms with van der Waals surface area (Å²) in [5.74, 6) is -1.91. The first kappa shape index (κ1) is 26.1. The summed E-state index contributed by atoms with van der Waals surface area (Å²) in [6, 6.07) is 14.3. The number of benzene rings is 2. The Morgan fingerprint density at radius 2 is 1.95 bits per heavy atom. The molecule has 37 heavy (non-hydrogen) atoms. The summed E-state index contributed by atoms with van der Waals surface area (Å²) in [5, 5.41) is 14.5. The third-order valence-electron chi connectivity index (χ3n) is 5.46. The molecule has 2 aromatic carbocycles. The lowest BCUT2D eigenvalue weighted by molar-refractivity contribution is -0.192. The van der Waals surface area contributed by atoms with Gasteiger partial charge in [0.2, 0.25) is 0 Å². The Balaban J connectivity index is 0.000000405. The Morgan fingerprint density at radius 3 is 2.57 bits per heavy atom. The van der Waals surface area contributed by atoms with E-state index >= 15 is 0 Å². The summed E-state index contributed by atoms with van der Waals surface area (Å²) in [6.07, 6.45) is 0.664. The second kappa shape index (κ2) is 11.0. The second-order valence-electron chi connectivity index (χ2n) is 8.24. The van der Waals surface area contributed by atoms with E-state index in [1.165, 1.54) is 11.3 Å². The SMILES string of the molecule is CCOc1cccc(CN(C(=O)c2nc3ccc(-c4cn[nH]c4)cc3s2)C2CC2)c1.O=C(O)C(F)(F)F. The van der Waals surface area contributed by atoms with Gasteiger partial charge in [-0.3, -0.25) is 9.89 Å². The molecule has 0 unspecified atom stereocenters. The van der Waals surface area contributed by atoms with Gasteiger partial charge in [0, 0.05) is 24.3 Å². The van der Waals surface area contributed by atoms with Crippen molar-refractivity contribution in [2.75, 3.05) is 6.61 Å². The topological polar surface area (TPSA) is 108 Å². The van der Waals surface area contributed by atoms with E-state index in [-0.39, 0.29) is 5.91 Å². The van der Waals surface area contributed by atoms with Crippen molar-refractivity contribution < 1.29 is 32.6 Å². The molecule has 2 aromatic heterocycles. The number of carboxylic acid groups (broad SMARTS) is 1. The minimum atomic E-state index is -5.08. The van der Waals surface area contributed by atoms with E-state index in [9.17, 15) is 18.0 Å². The zero-order valence-electron chi connectivity index (χ0n) is 19.7. The number of aromatic nitrogens is 3. The van der Waals surface area contributed by atoms with Crippen molar-refractivity contribution in [1.82, 2.24) is 20.1 Å².